The van der Waals surface area contributed by atoms with E-state index in [0.29, 0.717) is 28.8 Å². The van der Waals surface area contributed by atoms with Crippen molar-refractivity contribution in [3.05, 3.63) is 35.9 Å². The molecule has 2 rings (SSSR count). The molecule has 28 heavy (non-hydrogen) atoms. The quantitative estimate of drug-likeness (QED) is 0.636. The number of thioether (sulfide) groups is 1. The van der Waals surface area contributed by atoms with Crippen LogP contribution in [0.1, 0.15) is 45.6 Å². The van der Waals surface area contributed by atoms with E-state index in [2.05, 4.69) is 26.1 Å². The normalized spacial score (nSPS) is 23.1. The summed E-state index contributed by atoms with van der Waals surface area (Å²) in [6.07, 6.45) is 3.05. The summed E-state index contributed by atoms with van der Waals surface area (Å²) in [7, 11) is 1.34. The Morgan fingerprint density at radius 3 is 2.57 bits per heavy atom. The molecule has 0 aromatic heterocycles. The summed E-state index contributed by atoms with van der Waals surface area (Å²) in [5, 5.41) is 3.17. The molecule has 1 amide bonds. The van der Waals surface area contributed by atoms with Crippen LogP contribution in [0.4, 0.5) is 4.79 Å². The Morgan fingerprint density at radius 1 is 1.21 bits per heavy atom. The van der Waals surface area contributed by atoms with Gasteiger partial charge in [-0.25, -0.2) is 9.59 Å². The van der Waals surface area contributed by atoms with Gasteiger partial charge in [0.1, 0.15) is 12.6 Å². The van der Waals surface area contributed by atoms with Gasteiger partial charge in [-0.1, -0.05) is 57.5 Å². The van der Waals surface area contributed by atoms with E-state index in [-0.39, 0.29) is 6.61 Å². The second kappa shape index (κ2) is 11.3. The largest absolute Gasteiger partial charge is 0.467 e. The molecule has 1 aliphatic rings. The standard InChI is InChI=1S/C22H33NO4S/c1-15(2)18-11-10-16(3)12-20(18)28-14-19(21(24)26-4)23-22(25)27-13-17-8-6-5-7-9-17/h5-9,15-16,18-20H,10-14H2,1-4H3,(H,23,25)/t16?,18?,19-,20?/m0/s1. The van der Waals surface area contributed by atoms with Crippen molar-refractivity contribution in [2.24, 2.45) is 17.8 Å². The number of methoxy groups -OCH3 is 1. The Hall–Kier alpha value is -1.69. The molecule has 1 aliphatic carbocycles. The summed E-state index contributed by atoms with van der Waals surface area (Å²) in [5.74, 6) is 2.02. The topological polar surface area (TPSA) is 64.6 Å². The number of benzene rings is 1. The zero-order valence-electron chi connectivity index (χ0n) is 17.4. The molecule has 0 saturated heterocycles. The molecule has 1 saturated carbocycles. The maximum Gasteiger partial charge on any atom is 0.408 e. The maximum absolute atomic E-state index is 12.2. The second-order valence-corrected chi connectivity index (χ2v) is 9.25. The lowest BCUT2D eigenvalue weighted by molar-refractivity contribution is -0.142. The van der Waals surface area contributed by atoms with Gasteiger partial charge in [0.2, 0.25) is 0 Å². The first kappa shape index (κ1) is 22.6. The fraction of sp³-hybridized carbons (Fsp3) is 0.636. The van der Waals surface area contributed by atoms with Gasteiger partial charge in [-0.2, -0.15) is 11.8 Å². The number of hydrogen-bond acceptors (Lipinski definition) is 5. The van der Waals surface area contributed by atoms with Gasteiger partial charge in [-0.15, -0.1) is 0 Å². The van der Waals surface area contributed by atoms with Crippen LogP contribution in [0, 0.1) is 17.8 Å². The fourth-order valence-corrected chi connectivity index (χ4v) is 5.57. The summed E-state index contributed by atoms with van der Waals surface area (Å²) < 4.78 is 10.1. The zero-order chi connectivity index (χ0) is 20.5. The van der Waals surface area contributed by atoms with Gasteiger partial charge in [0, 0.05) is 11.0 Å². The molecule has 0 heterocycles. The van der Waals surface area contributed by atoms with Crippen LogP contribution in [0.2, 0.25) is 0 Å². The number of rotatable bonds is 8. The van der Waals surface area contributed by atoms with E-state index >= 15 is 0 Å². The molecule has 6 heteroatoms. The van der Waals surface area contributed by atoms with E-state index in [9.17, 15) is 9.59 Å². The zero-order valence-corrected chi connectivity index (χ0v) is 18.2. The third-order valence-corrected chi connectivity index (χ3v) is 6.92. The van der Waals surface area contributed by atoms with E-state index in [1.165, 1.54) is 20.0 Å². The first-order valence-electron chi connectivity index (χ1n) is 10.1. The molecular formula is C22H33NO4S. The summed E-state index contributed by atoms with van der Waals surface area (Å²) >= 11 is 1.77. The van der Waals surface area contributed by atoms with Gasteiger partial charge in [0.25, 0.3) is 0 Å². The molecular weight excluding hydrogens is 374 g/mol. The van der Waals surface area contributed by atoms with E-state index in [4.69, 9.17) is 9.47 Å². The van der Waals surface area contributed by atoms with Gasteiger partial charge in [0.15, 0.2) is 0 Å². The monoisotopic (exact) mass is 407 g/mol. The lowest BCUT2D eigenvalue weighted by Crippen LogP contribution is -2.44. The number of nitrogens with one attached hydrogen (secondary N) is 1. The molecule has 156 valence electrons. The van der Waals surface area contributed by atoms with Crippen LogP contribution in [0.25, 0.3) is 0 Å². The van der Waals surface area contributed by atoms with Crippen molar-refractivity contribution < 1.29 is 19.1 Å². The average Bonchev–Trinajstić information content (AvgIpc) is 2.69. The number of carbonyl (C=O) groups is 2. The Labute approximate surface area is 172 Å². The number of ether oxygens (including phenoxy) is 2. The molecule has 5 nitrogen and oxygen atoms in total. The minimum atomic E-state index is -0.705. The minimum absolute atomic E-state index is 0.170. The first-order chi connectivity index (χ1) is 13.4. The number of hydrogen-bond donors (Lipinski definition) is 1. The summed E-state index contributed by atoms with van der Waals surface area (Å²) in [5.41, 5.74) is 0.901. The van der Waals surface area contributed by atoms with Gasteiger partial charge >= 0.3 is 12.1 Å². The number of alkyl carbamates (subject to hydrolysis) is 1. The van der Waals surface area contributed by atoms with Crippen molar-refractivity contribution in [3.8, 4) is 0 Å². The molecule has 0 bridgehead atoms. The van der Waals surface area contributed by atoms with Gasteiger partial charge in [-0.05, 0) is 36.2 Å². The van der Waals surface area contributed by atoms with Crippen LogP contribution in [0.5, 0.6) is 0 Å². The van der Waals surface area contributed by atoms with Gasteiger partial charge < -0.3 is 14.8 Å². The van der Waals surface area contributed by atoms with E-state index in [0.717, 1.165) is 12.0 Å². The van der Waals surface area contributed by atoms with E-state index < -0.39 is 18.1 Å². The van der Waals surface area contributed by atoms with Crippen LogP contribution in [0.15, 0.2) is 30.3 Å². The van der Waals surface area contributed by atoms with Crippen molar-refractivity contribution in [1.82, 2.24) is 5.32 Å². The molecule has 0 spiro atoms. The highest BCUT2D eigenvalue weighted by atomic mass is 32.2. The fourth-order valence-electron chi connectivity index (χ4n) is 3.74. The molecule has 0 radical (unpaired) electrons. The Kier molecular flexibility index (Phi) is 9.16. The summed E-state index contributed by atoms with van der Waals surface area (Å²) in [6, 6.07) is 8.75. The van der Waals surface area contributed by atoms with E-state index in [1.54, 1.807) is 11.8 Å². The van der Waals surface area contributed by atoms with Crippen LogP contribution >= 0.6 is 11.8 Å². The Morgan fingerprint density at radius 2 is 1.93 bits per heavy atom. The molecule has 1 aromatic rings. The highest BCUT2D eigenvalue weighted by Gasteiger charge is 2.33. The van der Waals surface area contributed by atoms with Crippen molar-refractivity contribution >= 4 is 23.8 Å². The molecule has 4 atom stereocenters. The predicted molar refractivity (Wildman–Crippen MR) is 113 cm³/mol. The Bertz CT molecular complexity index is 622. The lowest BCUT2D eigenvalue weighted by Gasteiger charge is -2.37. The van der Waals surface area contributed by atoms with Crippen molar-refractivity contribution in [3.63, 3.8) is 0 Å². The Balaban J connectivity index is 1.89. The highest BCUT2D eigenvalue weighted by Crippen LogP contribution is 2.40. The first-order valence-corrected chi connectivity index (χ1v) is 11.1. The van der Waals surface area contributed by atoms with Gasteiger partial charge in [-0.3, -0.25) is 0 Å². The van der Waals surface area contributed by atoms with Gasteiger partial charge in [0.05, 0.1) is 7.11 Å². The predicted octanol–water partition coefficient (Wildman–Crippen LogP) is 4.65. The van der Waals surface area contributed by atoms with Crippen LogP contribution < -0.4 is 5.32 Å². The second-order valence-electron chi connectivity index (χ2n) is 7.98. The highest BCUT2D eigenvalue weighted by molar-refractivity contribution is 8.00. The van der Waals surface area contributed by atoms with Crippen LogP contribution in [0.3, 0.4) is 0 Å². The molecule has 1 N–H and O–H groups in total. The minimum Gasteiger partial charge on any atom is -0.467 e. The van der Waals surface area contributed by atoms with Crippen LogP contribution in [-0.2, 0) is 20.9 Å². The number of amides is 1. The summed E-state index contributed by atoms with van der Waals surface area (Å²) in [4.78, 5) is 24.3. The SMILES string of the molecule is COC(=O)[C@H](CSC1CC(C)CCC1C(C)C)NC(=O)OCc1ccccc1. The smallest absolute Gasteiger partial charge is 0.408 e. The molecule has 1 fully saturated rings. The van der Waals surface area contributed by atoms with Crippen LogP contribution in [-0.4, -0.2) is 36.2 Å². The summed E-state index contributed by atoms with van der Waals surface area (Å²) in [6.45, 7) is 7.00. The maximum atomic E-state index is 12.2. The van der Waals surface area contributed by atoms with E-state index in [1.807, 2.05) is 30.3 Å². The third kappa shape index (κ3) is 7.04. The third-order valence-electron chi connectivity index (χ3n) is 5.43. The van der Waals surface area contributed by atoms with Crippen molar-refractivity contribution in [2.75, 3.05) is 12.9 Å². The number of carbonyl (C=O) groups excluding carboxylic acids is 2. The lowest BCUT2D eigenvalue weighted by atomic mass is 9.77. The van der Waals surface area contributed by atoms with Crippen molar-refractivity contribution in [2.45, 2.75) is 57.9 Å². The molecule has 0 aliphatic heterocycles. The average molecular weight is 408 g/mol. The number of esters is 1. The van der Waals surface area contributed by atoms with Crippen molar-refractivity contribution in [1.29, 1.82) is 0 Å². The molecule has 3 unspecified atom stereocenters. The molecule has 1 aromatic carbocycles.